The monoisotopic (exact) mass is 450 g/mol. The van der Waals surface area contributed by atoms with Crippen molar-refractivity contribution >= 4 is 12.0 Å². The summed E-state index contributed by atoms with van der Waals surface area (Å²) in [7, 11) is 0. The number of carbonyl (C=O) groups excluding carboxylic acids is 2. The van der Waals surface area contributed by atoms with E-state index in [9.17, 15) is 14.7 Å². The lowest BCUT2D eigenvalue weighted by atomic mass is 10.1. The second-order valence-electron chi connectivity index (χ2n) is 9.10. The minimum atomic E-state index is -0.934. The van der Waals surface area contributed by atoms with Crippen LogP contribution in [-0.4, -0.2) is 66.5 Å². The highest BCUT2D eigenvalue weighted by Gasteiger charge is 2.33. The summed E-state index contributed by atoms with van der Waals surface area (Å²) >= 11 is 0. The van der Waals surface area contributed by atoms with Crippen molar-refractivity contribution in [3.05, 3.63) is 29.8 Å². The van der Waals surface area contributed by atoms with E-state index >= 15 is 0 Å². The molecule has 2 aliphatic heterocycles. The zero-order valence-corrected chi connectivity index (χ0v) is 19.0. The van der Waals surface area contributed by atoms with E-state index in [1.807, 2.05) is 0 Å². The summed E-state index contributed by atoms with van der Waals surface area (Å²) in [6.45, 7) is 6.72. The molecule has 0 aromatic heterocycles. The molecule has 3 rings (SSSR count). The summed E-state index contributed by atoms with van der Waals surface area (Å²) in [5.74, 6) is 0.281. The molecule has 2 heterocycles. The van der Waals surface area contributed by atoms with Crippen LogP contribution in [0.4, 0.5) is 4.79 Å². The summed E-state index contributed by atoms with van der Waals surface area (Å²) in [6, 6.07) is 5.95. The highest BCUT2D eigenvalue weighted by Crippen LogP contribution is 2.23. The second kappa shape index (κ2) is 11.0. The standard InChI is InChI=1S/C23H34N2O7/c1-23(2,3)32-22(28)24-20(21(27)25-12-11-17(26)14-25)16-7-9-18(10-8-16)30-15-31-19-6-4-5-13-29-19/h7-10,17,19-20,26H,4-6,11-15H2,1-3H3,(H,24,28). The number of hydrogen-bond donors (Lipinski definition) is 2. The van der Waals surface area contributed by atoms with Crippen LogP contribution in [-0.2, 0) is 19.0 Å². The first-order valence-corrected chi connectivity index (χ1v) is 11.1. The molecule has 3 atom stereocenters. The lowest BCUT2D eigenvalue weighted by molar-refractivity contribution is -0.190. The highest BCUT2D eigenvalue weighted by atomic mass is 16.7. The third-order valence-electron chi connectivity index (χ3n) is 5.21. The molecule has 0 aliphatic carbocycles. The lowest BCUT2D eigenvalue weighted by Crippen LogP contribution is -2.44. The summed E-state index contributed by atoms with van der Waals surface area (Å²) in [4.78, 5) is 27.0. The average molecular weight is 451 g/mol. The van der Waals surface area contributed by atoms with Crippen LogP contribution in [0.25, 0.3) is 0 Å². The number of hydrogen-bond acceptors (Lipinski definition) is 7. The molecular weight excluding hydrogens is 416 g/mol. The number of amides is 2. The number of nitrogens with one attached hydrogen (secondary N) is 1. The number of benzene rings is 1. The van der Waals surface area contributed by atoms with E-state index in [4.69, 9.17) is 18.9 Å². The first kappa shape index (κ1) is 24.3. The van der Waals surface area contributed by atoms with Crippen molar-refractivity contribution in [2.24, 2.45) is 0 Å². The largest absolute Gasteiger partial charge is 0.467 e. The molecule has 3 unspecified atom stereocenters. The molecule has 9 nitrogen and oxygen atoms in total. The highest BCUT2D eigenvalue weighted by molar-refractivity contribution is 5.87. The molecule has 0 spiro atoms. The van der Waals surface area contributed by atoms with Crippen LogP contribution in [0.15, 0.2) is 24.3 Å². The Morgan fingerprint density at radius 3 is 2.56 bits per heavy atom. The number of likely N-dealkylation sites (tertiary alicyclic amines) is 1. The topological polar surface area (TPSA) is 107 Å². The molecule has 9 heteroatoms. The number of β-amino-alcohol motifs (C(OH)–C–C–N with tert-alkyl or cyclic N) is 1. The minimum Gasteiger partial charge on any atom is -0.467 e. The van der Waals surface area contributed by atoms with Gasteiger partial charge in [0.05, 0.1) is 6.10 Å². The average Bonchev–Trinajstić information content (AvgIpc) is 3.18. The molecule has 2 saturated heterocycles. The number of aliphatic hydroxyl groups is 1. The second-order valence-corrected chi connectivity index (χ2v) is 9.10. The number of nitrogens with zero attached hydrogens (tertiary/aromatic N) is 1. The van der Waals surface area contributed by atoms with E-state index in [1.165, 1.54) is 0 Å². The first-order chi connectivity index (χ1) is 15.2. The van der Waals surface area contributed by atoms with Gasteiger partial charge in [-0.2, -0.15) is 0 Å². The van der Waals surface area contributed by atoms with Gasteiger partial charge in [0.25, 0.3) is 0 Å². The molecule has 32 heavy (non-hydrogen) atoms. The molecule has 0 saturated carbocycles. The zero-order chi connectivity index (χ0) is 23.1. The predicted molar refractivity (Wildman–Crippen MR) is 116 cm³/mol. The SMILES string of the molecule is CC(C)(C)OC(=O)NC(C(=O)N1CCC(O)C1)c1ccc(OCOC2CCCCO2)cc1. The van der Waals surface area contributed by atoms with Gasteiger partial charge < -0.3 is 34.3 Å². The number of alkyl carbamates (subject to hydrolysis) is 1. The van der Waals surface area contributed by atoms with Crippen molar-refractivity contribution in [2.75, 3.05) is 26.5 Å². The number of carbonyl (C=O) groups is 2. The first-order valence-electron chi connectivity index (χ1n) is 11.1. The maximum Gasteiger partial charge on any atom is 0.408 e. The Morgan fingerprint density at radius 1 is 1.22 bits per heavy atom. The van der Waals surface area contributed by atoms with Crippen LogP contribution < -0.4 is 10.1 Å². The van der Waals surface area contributed by atoms with E-state index in [1.54, 1.807) is 49.9 Å². The fraction of sp³-hybridized carbons (Fsp3) is 0.652. The summed E-state index contributed by atoms with van der Waals surface area (Å²) < 4.78 is 22.0. The van der Waals surface area contributed by atoms with Crippen molar-refractivity contribution < 1.29 is 33.6 Å². The third kappa shape index (κ3) is 7.36. The minimum absolute atomic E-state index is 0.0637. The normalized spacial score (nSPS) is 22.3. The maximum absolute atomic E-state index is 13.1. The number of ether oxygens (including phenoxy) is 4. The molecular formula is C23H34N2O7. The van der Waals surface area contributed by atoms with Gasteiger partial charge >= 0.3 is 6.09 Å². The molecule has 0 radical (unpaired) electrons. The zero-order valence-electron chi connectivity index (χ0n) is 19.0. The van der Waals surface area contributed by atoms with Gasteiger partial charge in [-0.3, -0.25) is 4.79 Å². The van der Waals surface area contributed by atoms with Gasteiger partial charge in [0.15, 0.2) is 13.1 Å². The predicted octanol–water partition coefficient (Wildman–Crippen LogP) is 2.73. The van der Waals surface area contributed by atoms with Crippen molar-refractivity contribution in [3.8, 4) is 5.75 Å². The van der Waals surface area contributed by atoms with Crippen molar-refractivity contribution in [2.45, 2.75) is 70.5 Å². The van der Waals surface area contributed by atoms with Gasteiger partial charge in [-0.05, 0) is 64.2 Å². The van der Waals surface area contributed by atoms with Gasteiger partial charge in [0, 0.05) is 19.7 Å². The van der Waals surface area contributed by atoms with Crippen LogP contribution in [0.3, 0.4) is 0 Å². The van der Waals surface area contributed by atoms with Crippen LogP contribution in [0, 0.1) is 0 Å². The lowest BCUT2D eigenvalue weighted by Gasteiger charge is -2.26. The maximum atomic E-state index is 13.1. The van der Waals surface area contributed by atoms with E-state index in [2.05, 4.69) is 5.32 Å². The van der Waals surface area contributed by atoms with Crippen molar-refractivity contribution in [1.82, 2.24) is 10.2 Å². The van der Waals surface area contributed by atoms with Gasteiger partial charge in [-0.1, -0.05) is 12.1 Å². The van der Waals surface area contributed by atoms with Gasteiger partial charge in [0.2, 0.25) is 5.91 Å². The van der Waals surface area contributed by atoms with Crippen LogP contribution in [0.5, 0.6) is 5.75 Å². The molecule has 2 amide bonds. The number of aliphatic hydroxyl groups excluding tert-OH is 1. The molecule has 178 valence electrons. The van der Waals surface area contributed by atoms with Crippen LogP contribution in [0.2, 0.25) is 0 Å². The fourth-order valence-electron chi connectivity index (χ4n) is 3.61. The van der Waals surface area contributed by atoms with E-state index in [0.717, 1.165) is 19.3 Å². The quantitative estimate of drug-likeness (QED) is 0.615. The van der Waals surface area contributed by atoms with Crippen LogP contribution >= 0.6 is 0 Å². The van der Waals surface area contributed by atoms with Gasteiger partial charge in [0.1, 0.15) is 17.4 Å². The Kier molecular flexibility index (Phi) is 8.33. The summed E-state index contributed by atoms with van der Waals surface area (Å²) in [5.41, 5.74) is -0.104. The van der Waals surface area contributed by atoms with Gasteiger partial charge in [-0.15, -0.1) is 0 Å². The van der Waals surface area contributed by atoms with E-state index < -0.39 is 23.8 Å². The van der Waals surface area contributed by atoms with Crippen molar-refractivity contribution in [1.29, 1.82) is 0 Å². The van der Waals surface area contributed by atoms with Gasteiger partial charge in [-0.25, -0.2) is 4.79 Å². The van der Waals surface area contributed by atoms with E-state index in [0.29, 0.717) is 30.9 Å². The fourth-order valence-corrected chi connectivity index (χ4v) is 3.61. The molecule has 2 aliphatic rings. The molecule has 2 fully saturated rings. The third-order valence-corrected chi connectivity index (χ3v) is 5.21. The Bertz CT molecular complexity index is 757. The van der Waals surface area contributed by atoms with Crippen LogP contribution in [0.1, 0.15) is 58.1 Å². The molecule has 0 bridgehead atoms. The summed E-state index contributed by atoms with van der Waals surface area (Å²) in [5, 5.41) is 12.5. The Labute approximate surface area is 189 Å². The smallest absolute Gasteiger partial charge is 0.408 e. The molecule has 1 aromatic carbocycles. The Balaban J connectivity index is 1.63. The van der Waals surface area contributed by atoms with E-state index in [-0.39, 0.29) is 25.5 Å². The Hall–Kier alpha value is -2.36. The van der Waals surface area contributed by atoms with Crippen molar-refractivity contribution in [3.63, 3.8) is 0 Å². The Morgan fingerprint density at radius 2 is 1.97 bits per heavy atom. The summed E-state index contributed by atoms with van der Waals surface area (Å²) in [6.07, 6.45) is 2.03. The molecule has 2 N–H and O–H groups in total. The number of rotatable bonds is 7. The molecule has 1 aromatic rings.